The fourth-order valence-corrected chi connectivity index (χ4v) is 3.88. The van der Waals surface area contributed by atoms with Crippen LogP contribution in [0.5, 0.6) is 5.75 Å². The Balaban J connectivity index is 1.64. The van der Waals surface area contributed by atoms with Gasteiger partial charge in [0.05, 0.1) is 19.3 Å². The van der Waals surface area contributed by atoms with E-state index in [9.17, 15) is 4.79 Å². The summed E-state index contributed by atoms with van der Waals surface area (Å²) in [4.78, 5) is 15.7. The van der Waals surface area contributed by atoms with Crippen LogP contribution in [0, 0.1) is 6.92 Å². The van der Waals surface area contributed by atoms with Gasteiger partial charge in [-0.05, 0) is 63.6 Å². The molecule has 0 radical (unpaired) electrons. The van der Waals surface area contributed by atoms with Gasteiger partial charge in [0.2, 0.25) is 5.78 Å². The first-order valence-corrected chi connectivity index (χ1v) is 10.6. The lowest BCUT2D eigenvalue weighted by molar-refractivity contribution is 0.0384. The molecule has 2 heterocycles. The summed E-state index contributed by atoms with van der Waals surface area (Å²) in [5.74, 6) is 1.12. The third kappa shape index (κ3) is 4.58. The monoisotopic (exact) mass is 407 g/mol. The second-order valence-electron chi connectivity index (χ2n) is 8.13. The minimum absolute atomic E-state index is 0.0862. The Morgan fingerprint density at radius 1 is 1.10 bits per heavy atom. The van der Waals surface area contributed by atoms with Crippen molar-refractivity contribution in [1.29, 1.82) is 0 Å². The van der Waals surface area contributed by atoms with E-state index in [1.54, 1.807) is 0 Å². The molecule has 1 aliphatic heterocycles. The molecular formula is C25H29NO4. The lowest BCUT2D eigenvalue weighted by Gasteiger charge is -2.26. The van der Waals surface area contributed by atoms with E-state index in [1.807, 2.05) is 50.2 Å². The first-order chi connectivity index (χ1) is 14.5. The smallest absolute Gasteiger partial charge is 0.228 e. The lowest BCUT2D eigenvalue weighted by atomic mass is 10.0. The normalized spacial score (nSPS) is 15.1. The van der Waals surface area contributed by atoms with Crippen molar-refractivity contribution in [1.82, 2.24) is 4.90 Å². The molecule has 5 nitrogen and oxygen atoms in total. The highest BCUT2D eigenvalue weighted by Crippen LogP contribution is 2.30. The van der Waals surface area contributed by atoms with Gasteiger partial charge >= 0.3 is 0 Å². The van der Waals surface area contributed by atoms with E-state index in [4.69, 9.17) is 13.9 Å². The van der Waals surface area contributed by atoms with Crippen molar-refractivity contribution in [2.75, 3.05) is 32.8 Å². The van der Waals surface area contributed by atoms with Gasteiger partial charge in [-0.2, -0.15) is 0 Å². The third-order valence-corrected chi connectivity index (χ3v) is 5.42. The maximum Gasteiger partial charge on any atom is 0.228 e. The van der Waals surface area contributed by atoms with Gasteiger partial charge in [0.1, 0.15) is 11.3 Å². The molecule has 0 saturated carbocycles. The number of fused-ring (bicyclic) bond motifs is 1. The molecule has 1 aliphatic rings. The molecule has 0 N–H and O–H groups in total. The number of hydrogen-bond donors (Lipinski definition) is 0. The zero-order valence-electron chi connectivity index (χ0n) is 17.9. The first kappa shape index (κ1) is 20.6. The fraction of sp³-hybridized carbons (Fsp3) is 0.400. The number of nitrogens with zero attached hydrogens (tertiary/aromatic N) is 1. The molecule has 1 saturated heterocycles. The molecule has 0 aliphatic carbocycles. The highest BCUT2D eigenvalue weighted by molar-refractivity contribution is 6.10. The van der Waals surface area contributed by atoms with Gasteiger partial charge in [-0.15, -0.1) is 0 Å². The van der Waals surface area contributed by atoms with E-state index < -0.39 is 0 Å². The quantitative estimate of drug-likeness (QED) is 0.534. The van der Waals surface area contributed by atoms with Crippen LogP contribution in [0.4, 0.5) is 0 Å². The summed E-state index contributed by atoms with van der Waals surface area (Å²) >= 11 is 0. The van der Waals surface area contributed by atoms with E-state index in [1.165, 1.54) is 0 Å². The topological polar surface area (TPSA) is 51.9 Å². The van der Waals surface area contributed by atoms with Crippen LogP contribution in [0.2, 0.25) is 0 Å². The summed E-state index contributed by atoms with van der Waals surface area (Å²) in [5.41, 5.74) is 3.52. The Morgan fingerprint density at radius 2 is 1.83 bits per heavy atom. The molecule has 30 heavy (non-hydrogen) atoms. The van der Waals surface area contributed by atoms with Crippen LogP contribution in [-0.4, -0.2) is 49.6 Å². The molecule has 1 aromatic heterocycles. The summed E-state index contributed by atoms with van der Waals surface area (Å²) < 4.78 is 17.2. The maximum atomic E-state index is 13.3. The maximum absolute atomic E-state index is 13.3. The standard InChI is InChI=1S/C25H29NO4/c1-17(2)29-20-7-5-19(6-8-20)24(27)25-21(10-11-26-12-14-28-15-13-26)22-16-18(3)4-9-23(22)30-25/h4-9,16-17H,10-15H2,1-3H3. The highest BCUT2D eigenvalue weighted by atomic mass is 16.5. The fourth-order valence-electron chi connectivity index (χ4n) is 3.88. The largest absolute Gasteiger partial charge is 0.491 e. The van der Waals surface area contributed by atoms with Crippen LogP contribution in [0.15, 0.2) is 46.9 Å². The van der Waals surface area contributed by atoms with E-state index in [0.717, 1.165) is 67.1 Å². The number of ketones is 1. The number of ether oxygens (including phenoxy) is 2. The van der Waals surface area contributed by atoms with Crippen molar-refractivity contribution in [3.05, 3.63) is 64.9 Å². The Morgan fingerprint density at radius 3 is 2.53 bits per heavy atom. The van der Waals surface area contributed by atoms with Crippen molar-refractivity contribution in [2.24, 2.45) is 0 Å². The average Bonchev–Trinajstić information content (AvgIpc) is 3.10. The molecule has 0 atom stereocenters. The second-order valence-corrected chi connectivity index (χ2v) is 8.13. The molecule has 0 unspecified atom stereocenters. The molecular weight excluding hydrogens is 378 g/mol. The number of morpholine rings is 1. The summed E-state index contributed by atoms with van der Waals surface area (Å²) in [6.07, 6.45) is 0.864. The number of rotatable bonds is 7. The zero-order valence-corrected chi connectivity index (χ0v) is 17.9. The number of hydrogen-bond acceptors (Lipinski definition) is 5. The minimum atomic E-state index is -0.0862. The van der Waals surface area contributed by atoms with Crippen molar-refractivity contribution in [2.45, 2.75) is 33.3 Å². The average molecular weight is 408 g/mol. The third-order valence-electron chi connectivity index (χ3n) is 5.42. The molecule has 158 valence electrons. The predicted molar refractivity (Wildman–Crippen MR) is 118 cm³/mol. The molecule has 3 aromatic rings. The molecule has 2 aromatic carbocycles. The van der Waals surface area contributed by atoms with Crippen molar-refractivity contribution < 1.29 is 18.7 Å². The number of carbonyl (C=O) groups is 1. The number of carbonyl (C=O) groups excluding carboxylic acids is 1. The number of aryl methyl sites for hydroxylation is 1. The molecule has 1 fully saturated rings. The van der Waals surface area contributed by atoms with Crippen LogP contribution < -0.4 is 4.74 Å². The highest BCUT2D eigenvalue weighted by Gasteiger charge is 2.23. The van der Waals surface area contributed by atoms with Crippen LogP contribution in [0.1, 0.15) is 41.1 Å². The summed E-state index contributed by atoms with van der Waals surface area (Å²) in [6, 6.07) is 13.4. The summed E-state index contributed by atoms with van der Waals surface area (Å²) in [6.45, 7) is 10.3. The summed E-state index contributed by atoms with van der Waals surface area (Å²) in [5, 5.41) is 1.03. The lowest BCUT2D eigenvalue weighted by Crippen LogP contribution is -2.37. The van der Waals surface area contributed by atoms with Gasteiger partial charge in [0.25, 0.3) is 0 Å². The Bertz CT molecular complexity index is 1010. The van der Waals surface area contributed by atoms with Crippen LogP contribution >= 0.6 is 0 Å². The van der Waals surface area contributed by atoms with Gasteiger partial charge in [0.15, 0.2) is 5.76 Å². The van der Waals surface area contributed by atoms with Gasteiger partial charge in [-0.25, -0.2) is 0 Å². The second kappa shape index (κ2) is 9.02. The molecule has 4 rings (SSSR count). The van der Waals surface area contributed by atoms with Gasteiger partial charge in [0, 0.05) is 36.1 Å². The number of furan rings is 1. The van der Waals surface area contributed by atoms with E-state index in [-0.39, 0.29) is 11.9 Å². The predicted octanol–water partition coefficient (Wildman–Crippen LogP) is 4.63. The SMILES string of the molecule is Cc1ccc2oc(C(=O)c3ccc(OC(C)C)cc3)c(CCN3CCOCC3)c2c1. The summed E-state index contributed by atoms with van der Waals surface area (Å²) in [7, 11) is 0. The Hall–Kier alpha value is -2.63. The van der Waals surface area contributed by atoms with Crippen molar-refractivity contribution >= 4 is 16.8 Å². The Labute approximate surface area is 177 Å². The minimum Gasteiger partial charge on any atom is -0.491 e. The van der Waals surface area contributed by atoms with Crippen molar-refractivity contribution in [3.8, 4) is 5.75 Å². The first-order valence-electron chi connectivity index (χ1n) is 10.6. The van der Waals surface area contributed by atoms with Gasteiger partial charge in [-0.1, -0.05) is 11.6 Å². The molecule has 0 amide bonds. The molecule has 0 spiro atoms. The van der Waals surface area contributed by atoms with Crippen molar-refractivity contribution in [3.63, 3.8) is 0 Å². The zero-order chi connectivity index (χ0) is 21.1. The van der Waals surface area contributed by atoms with E-state index in [2.05, 4.69) is 17.9 Å². The van der Waals surface area contributed by atoms with Crippen LogP contribution in [0.3, 0.4) is 0 Å². The van der Waals surface area contributed by atoms with E-state index in [0.29, 0.717) is 11.3 Å². The van der Waals surface area contributed by atoms with Gasteiger partial charge < -0.3 is 13.9 Å². The Kier molecular flexibility index (Phi) is 6.21. The van der Waals surface area contributed by atoms with Gasteiger partial charge in [-0.3, -0.25) is 9.69 Å². The van der Waals surface area contributed by atoms with Crippen LogP contribution in [0.25, 0.3) is 11.0 Å². The molecule has 5 heteroatoms. The molecule has 0 bridgehead atoms. The van der Waals surface area contributed by atoms with Crippen LogP contribution in [-0.2, 0) is 11.2 Å². The number of benzene rings is 2. The van der Waals surface area contributed by atoms with E-state index >= 15 is 0 Å².